The quantitative estimate of drug-likeness (QED) is 0.774. The molecule has 5 heteroatoms. The molecule has 1 amide bonds. The maximum absolute atomic E-state index is 12.4. The van der Waals surface area contributed by atoms with Gasteiger partial charge in [-0.25, -0.2) is 0 Å². The lowest BCUT2D eigenvalue weighted by Gasteiger charge is -2.34. The predicted octanol–water partition coefficient (Wildman–Crippen LogP) is 2.03. The average molecular weight is 369 g/mol. The zero-order valence-electron chi connectivity index (χ0n) is 16.7. The Labute approximate surface area is 162 Å². The van der Waals surface area contributed by atoms with E-state index in [2.05, 4.69) is 64.4 Å². The van der Waals surface area contributed by atoms with E-state index in [1.54, 1.807) is 0 Å². The van der Waals surface area contributed by atoms with Gasteiger partial charge in [0.25, 0.3) is 0 Å². The molecule has 1 N–H and O–H groups in total. The van der Waals surface area contributed by atoms with Gasteiger partial charge in [0.15, 0.2) is 0 Å². The molecule has 0 radical (unpaired) electrons. The molecule has 0 saturated carbocycles. The van der Waals surface area contributed by atoms with Crippen molar-refractivity contribution in [1.29, 1.82) is 0 Å². The highest BCUT2D eigenvalue weighted by Crippen LogP contribution is 2.18. The maximum Gasteiger partial charge on any atom is 0.234 e. The molecule has 0 bridgehead atoms. The summed E-state index contributed by atoms with van der Waals surface area (Å²) in [5.74, 6) is 0.115. The third kappa shape index (κ3) is 6.03. The van der Waals surface area contributed by atoms with Gasteiger partial charge in [-0.3, -0.25) is 9.69 Å². The molecule has 1 aliphatic rings. The van der Waals surface area contributed by atoms with E-state index in [0.29, 0.717) is 13.1 Å². The maximum atomic E-state index is 12.4. The molecule has 27 heavy (non-hydrogen) atoms. The Bertz CT molecular complexity index is 733. The minimum atomic E-state index is 0.115. The smallest absolute Gasteiger partial charge is 0.234 e. The van der Waals surface area contributed by atoms with Crippen LogP contribution in [0.3, 0.4) is 0 Å². The topological polar surface area (TPSA) is 38.8 Å². The first-order chi connectivity index (χ1) is 13.1. The van der Waals surface area contributed by atoms with E-state index in [9.17, 15) is 4.79 Å². The zero-order valence-corrected chi connectivity index (χ0v) is 16.7. The summed E-state index contributed by atoms with van der Waals surface area (Å²) in [6, 6.07) is 14.6. The summed E-state index contributed by atoms with van der Waals surface area (Å²) < 4.78 is 0. The van der Waals surface area contributed by atoms with Gasteiger partial charge in [0.1, 0.15) is 0 Å². The zero-order chi connectivity index (χ0) is 19.1. The van der Waals surface area contributed by atoms with Crippen LogP contribution in [0.4, 0.5) is 0 Å². The third-order valence-corrected chi connectivity index (χ3v) is 5.27. The van der Waals surface area contributed by atoms with Crippen molar-refractivity contribution >= 4 is 16.7 Å². The molecule has 0 spiro atoms. The second-order valence-corrected chi connectivity index (χ2v) is 7.69. The molecule has 1 heterocycles. The number of nitrogens with zero attached hydrogens (tertiary/aromatic N) is 3. The van der Waals surface area contributed by atoms with Gasteiger partial charge < -0.3 is 15.1 Å². The Kier molecular flexibility index (Phi) is 7.21. The number of nitrogens with one attached hydrogen (secondary N) is 1. The number of hydrogen-bond donors (Lipinski definition) is 1. The van der Waals surface area contributed by atoms with Gasteiger partial charge in [0.2, 0.25) is 5.91 Å². The van der Waals surface area contributed by atoms with E-state index in [4.69, 9.17) is 0 Å². The van der Waals surface area contributed by atoms with E-state index in [-0.39, 0.29) is 5.91 Å². The Morgan fingerprint density at radius 2 is 1.70 bits per heavy atom. The van der Waals surface area contributed by atoms with E-state index in [1.165, 1.54) is 22.8 Å². The Hall–Kier alpha value is -1.95. The molecule has 1 saturated heterocycles. The van der Waals surface area contributed by atoms with Crippen molar-refractivity contribution in [2.75, 3.05) is 59.9 Å². The fourth-order valence-electron chi connectivity index (χ4n) is 3.68. The fourth-order valence-corrected chi connectivity index (χ4v) is 3.68. The fraction of sp³-hybridized carbons (Fsp3) is 0.500. The van der Waals surface area contributed by atoms with Crippen molar-refractivity contribution in [3.8, 4) is 0 Å². The molecule has 2 aromatic rings. The van der Waals surface area contributed by atoms with Crippen molar-refractivity contribution in [3.05, 3.63) is 48.0 Å². The highest BCUT2D eigenvalue weighted by atomic mass is 16.2. The van der Waals surface area contributed by atoms with E-state index >= 15 is 0 Å². The first kappa shape index (κ1) is 19.8. The molecule has 0 aromatic heterocycles. The number of amides is 1. The summed E-state index contributed by atoms with van der Waals surface area (Å²) in [4.78, 5) is 19.4. The van der Waals surface area contributed by atoms with Crippen molar-refractivity contribution in [3.63, 3.8) is 0 Å². The summed E-state index contributed by atoms with van der Waals surface area (Å²) in [5, 5.41) is 5.53. The first-order valence-electron chi connectivity index (χ1n) is 9.94. The van der Waals surface area contributed by atoms with Gasteiger partial charge in [-0.1, -0.05) is 42.5 Å². The van der Waals surface area contributed by atoms with Crippen LogP contribution >= 0.6 is 0 Å². The van der Waals surface area contributed by atoms with Gasteiger partial charge >= 0.3 is 0 Å². The molecule has 0 aliphatic carbocycles. The Balaban J connectivity index is 1.40. The van der Waals surface area contributed by atoms with Crippen LogP contribution < -0.4 is 5.32 Å². The molecular weight excluding hydrogens is 336 g/mol. The van der Waals surface area contributed by atoms with Crippen molar-refractivity contribution in [1.82, 2.24) is 20.0 Å². The monoisotopic (exact) mass is 368 g/mol. The van der Waals surface area contributed by atoms with Crippen molar-refractivity contribution in [2.24, 2.45) is 0 Å². The molecule has 1 aliphatic heterocycles. The van der Waals surface area contributed by atoms with Gasteiger partial charge in [0.05, 0.1) is 6.54 Å². The minimum absolute atomic E-state index is 0.115. The molecule has 5 nitrogen and oxygen atoms in total. The first-order valence-corrected chi connectivity index (χ1v) is 9.94. The standard InChI is InChI=1S/C22H32N4O/c1-24(2)11-6-12-25-13-15-26(16-14-25)18-22(27)23-17-20-9-5-8-19-7-3-4-10-21(19)20/h3-5,7-10H,6,11-18H2,1-2H3,(H,23,27). The summed E-state index contributed by atoms with van der Waals surface area (Å²) in [6.45, 7) is 7.44. The molecule has 0 unspecified atom stereocenters. The number of benzene rings is 2. The van der Waals surface area contributed by atoms with Gasteiger partial charge in [0, 0.05) is 32.7 Å². The number of hydrogen-bond acceptors (Lipinski definition) is 4. The number of carbonyl (C=O) groups is 1. The minimum Gasteiger partial charge on any atom is -0.351 e. The van der Waals surface area contributed by atoms with Crippen LogP contribution in [0.15, 0.2) is 42.5 Å². The van der Waals surface area contributed by atoms with Crippen LogP contribution in [-0.4, -0.2) is 80.5 Å². The van der Waals surface area contributed by atoms with Crippen LogP contribution in [-0.2, 0) is 11.3 Å². The van der Waals surface area contributed by atoms with Crippen molar-refractivity contribution < 1.29 is 4.79 Å². The van der Waals surface area contributed by atoms with Crippen LogP contribution in [0.5, 0.6) is 0 Å². The highest BCUT2D eigenvalue weighted by molar-refractivity contribution is 5.86. The number of piperazine rings is 1. The van der Waals surface area contributed by atoms with Crippen LogP contribution in [0, 0.1) is 0 Å². The summed E-state index contributed by atoms with van der Waals surface area (Å²) in [6.07, 6.45) is 1.21. The lowest BCUT2D eigenvalue weighted by Crippen LogP contribution is -2.49. The summed E-state index contributed by atoms with van der Waals surface area (Å²) in [5.41, 5.74) is 1.17. The lowest BCUT2D eigenvalue weighted by atomic mass is 10.0. The molecule has 1 fully saturated rings. The number of rotatable bonds is 8. The van der Waals surface area contributed by atoms with Crippen molar-refractivity contribution in [2.45, 2.75) is 13.0 Å². The van der Waals surface area contributed by atoms with Gasteiger partial charge in [-0.05, 0) is 49.9 Å². The second-order valence-electron chi connectivity index (χ2n) is 7.69. The molecule has 3 rings (SSSR count). The molecule has 0 atom stereocenters. The lowest BCUT2D eigenvalue weighted by molar-refractivity contribution is -0.122. The Morgan fingerprint density at radius 1 is 1.00 bits per heavy atom. The third-order valence-electron chi connectivity index (χ3n) is 5.27. The SMILES string of the molecule is CN(C)CCCN1CCN(CC(=O)NCc2cccc3ccccc23)CC1. The summed E-state index contributed by atoms with van der Waals surface area (Å²) in [7, 11) is 4.24. The van der Waals surface area contributed by atoms with Crippen LogP contribution in [0.2, 0.25) is 0 Å². The second kappa shape index (κ2) is 9.83. The highest BCUT2D eigenvalue weighted by Gasteiger charge is 2.18. The van der Waals surface area contributed by atoms with Crippen LogP contribution in [0.1, 0.15) is 12.0 Å². The van der Waals surface area contributed by atoms with Crippen LogP contribution in [0.25, 0.3) is 10.8 Å². The van der Waals surface area contributed by atoms with E-state index in [0.717, 1.165) is 39.3 Å². The number of fused-ring (bicyclic) bond motifs is 1. The normalized spacial score (nSPS) is 16.1. The molecule has 2 aromatic carbocycles. The largest absolute Gasteiger partial charge is 0.351 e. The average Bonchev–Trinajstić information content (AvgIpc) is 2.67. The molecule has 146 valence electrons. The Morgan fingerprint density at radius 3 is 2.48 bits per heavy atom. The van der Waals surface area contributed by atoms with E-state index in [1.807, 2.05) is 12.1 Å². The summed E-state index contributed by atoms with van der Waals surface area (Å²) >= 11 is 0. The van der Waals surface area contributed by atoms with Gasteiger partial charge in [-0.2, -0.15) is 0 Å². The predicted molar refractivity (Wildman–Crippen MR) is 112 cm³/mol. The number of carbonyl (C=O) groups excluding carboxylic acids is 1. The molecular formula is C22H32N4O. The van der Waals surface area contributed by atoms with E-state index < -0.39 is 0 Å². The van der Waals surface area contributed by atoms with Gasteiger partial charge in [-0.15, -0.1) is 0 Å².